The lowest BCUT2D eigenvalue weighted by molar-refractivity contribution is -0.384. The summed E-state index contributed by atoms with van der Waals surface area (Å²) in [6.45, 7) is 9.16. The molecule has 0 aliphatic carbocycles. The number of nitro benzene ring substituents is 1. The molecule has 12 heteroatoms. The molecule has 49 heavy (non-hydrogen) atoms. The third kappa shape index (κ3) is 5.92. The number of nitrogens with zero attached hydrogens (tertiary/aromatic N) is 5. The number of hydrogen-bond donors (Lipinski definition) is 0. The Morgan fingerprint density at radius 1 is 1.04 bits per heavy atom. The van der Waals surface area contributed by atoms with Crippen molar-refractivity contribution in [1.29, 1.82) is 0 Å². The molecule has 1 aliphatic heterocycles. The van der Waals surface area contributed by atoms with Gasteiger partial charge in [-0.05, 0) is 63.6 Å². The number of hydrogen-bond acceptors (Lipinski definition) is 8. The summed E-state index contributed by atoms with van der Waals surface area (Å²) in [6, 6.07) is 19.1. The van der Waals surface area contributed by atoms with Gasteiger partial charge in [-0.3, -0.25) is 24.3 Å². The maximum Gasteiger partial charge on any atom is 0.271 e. The van der Waals surface area contributed by atoms with Gasteiger partial charge in [-0.15, -0.1) is 0 Å². The summed E-state index contributed by atoms with van der Waals surface area (Å²) < 4.78 is 15.6. The van der Waals surface area contributed by atoms with Crippen LogP contribution in [0.5, 0.6) is 11.5 Å². The lowest BCUT2D eigenvalue weighted by Crippen LogP contribution is -2.43. The Hall–Kier alpha value is -5.49. The maximum absolute atomic E-state index is 14.6. The number of likely N-dealkylation sites (N-methyl/N-ethyl adjacent to an activating group) is 1. The molecule has 5 aromatic rings. The Morgan fingerprint density at radius 2 is 1.76 bits per heavy atom. The molecule has 1 atom stereocenters. The van der Waals surface area contributed by atoms with Gasteiger partial charge in [0.2, 0.25) is 0 Å². The van der Waals surface area contributed by atoms with Crippen LogP contribution in [-0.4, -0.2) is 52.2 Å². The lowest BCUT2D eigenvalue weighted by Gasteiger charge is -2.30. The van der Waals surface area contributed by atoms with Crippen LogP contribution >= 0.6 is 11.3 Å². The van der Waals surface area contributed by atoms with E-state index in [1.807, 2.05) is 64.1 Å². The SMILES string of the molecule is CCN(CC)C(=O)C1=C(C)N=c2s/c(=C/c3c(C)n(Cc4ccc([N+](=O)[O-])cc4)c4ccccc34)c(=O)n2[C@@H]1c1cc(OC)ccc1OC. The van der Waals surface area contributed by atoms with Crippen molar-refractivity contribution in [1.82, 2.24) is 14.0 Å². The molecule has 0 spiro atoms. The topological polar surface area (TPSA) is 121 Å². The Morgan fingerprint density at radius 3 is 2.41 bits per heavy atom. The van der Waals surface area contributed by atoms with E-state index in [-0.39, 0.29) is 17.2 Å². The van der Waals surface area contributed by atoms with Crippen LogP contribution in [0.25, 0.3) is 17.0 Å². The molecule has 0 radical (unpaired) electrons. The van der Waals surface area contributed by atoms with Crippen LogP contribution in [0.1, 0.15) is 49.2 Å². The van der Waals surface area contributed by atoms with Gasteiger partial charge in [0.05, 0.1) is 34.9 Å². The number of carbonyl (C=O) groups is 1. The largest absolute Gasteiger partial charge is 0.497 e. The molecule has 0 N–H and O–H groups in total. The molecule has 0 saturated heterocycles. The molecule has 0 saturated carbocycles. The van der Waals surface area contributed by atoms with Gasteiger partial charge in [0.15, 0.2) is 4.80 Å². The van der Waals surface area contributed by atoms with Crippen molar-refractivity contribution >= 4 is 39.9 Å². The molecular weight excluding hydrogens is 643 g/mol. The molecule has 0 bridgehead atoms. The zero-order valence-corrected chi connectivity index (χ0v) is 29.0. The number of fused-ring (bicyclic) bond motifs is 2. The number of aromatic nitrogens is 2. The van der Waals surface area contributed by atoms with Gasteiger partial charge in [-0.25, -0.2) is 4.99 Å². The molecule has 0 unspecified atom stereocenters. The van der Waals surface area contributed by atoms with Crippen LogP contribution in [0.2, 0.25) is 0 Å². The van der Waals surface area contributed by atoms with Gasteiger partial charge in [0, 0.05) is 59.5 Å². The van der Waals surface area contributed by atoms with Gasteiger partial charge < -0.3 is 18.9 Å². The second kappa shape index (κ2) is 13.6. The first-order valence-corrected chi connectivity index (χ1v) is 16.8. The summed E-state index contributed by atoms with van der Waals surface area (Å²) in [6.07, 6.45) is 1.90. The van der Waals surface area contributed by atoms with Gasteiger partial charge in [0.1, 0.15) is 17.5 Å². The highest BCUT2D eigenvalue weighted by molar-refractivity contribution is 7.07. The molecule has 1 amide bonds. The average Bonchev–Trinajstić information content (AvgIpc) is 3.56. The van der Waals surface area contributed by atoms with Crippen LogP contribution in [0.15, 0.2) is 87.8 Å². The number of non-ortho nitro benzene ring substituents is 1. The summed E-state index contributed by atoms with van der Waals surface area (Å²) in [5.74, 6) is 0.893. The van der Waals surface area contributed by atoms with E-state index in [1.54, 1.807) is 48.0 Å². The molecule has 0 fully saturated rings. The predicted molar refractivity (Wildman–Crippen MR) is 190 cm³/mol. The second-order valence-electron chi connectivity index (χ2n) is 11.7. The van der Waals surface area contributed by atoms with Gasteiger partial charge in [0.25, 0.3) is 17.2 Å². The molecular formula is C37H37N5O6S. The zero-order chi connectivity index (χ0) is 35.0. The normalized spacial score (nSPS) is 14.5. The monoisotopic (exact) mass is 679 g/mol. The quantitative estimate of drug-likeness (QED) is 0.145. The second-order valence-corrected chi connectivity index (χ2v) is 12.7. The Balaban J connectivity index is 1.55. The minimum absolute atomic E-state index is 0.0379. The standard InChI is InChI=1S/C37H37N5O6S/c1-7-39(8-2)36(44)33-22(3)38-37-41(34(33)29-19-26(47-5)17-18-31(29)48-6)35(43)32(49-37)20-28-23(4)40(30-12-10-9-11-27(28)30)21-24-13-15-25(16-14-24)42(45)46/h9-20,34H,7-8,21H2,1-6H3/b32-20+/t34-/m1/s1. The van der Waals surface area contributed by atoms with E-state index >= 15 is 0 Å². The first-order chi connectivity index (χ1) is 23.6. The molecule has 2 aromatic heterocycles. The lowest BCUT2D eigenvalue weighted by atomic mass is 9.93. The smallest absolute Gasteiger partial charge is 0.271 e. The summed E-state index contributed by atoms with van der Waals surface area (Å²) in [5.41, 5.74) is 5.03. The first-order valence-electron chi connectivity index (χ1n) is 16.0. The number of thiazole rings is 1. The number of allylic oxidation sites excluding steroid dienone is 1. The van der Waals surface area contributed by atoms with Crippen LogP contribution in [0, 0.1) is 17.0 Å². The van der Waals surface area contributed by atoms with E-state index < -0.39 is 11.0 Å². The van der Waals surface area contributed by atoms with Crippen molar-refractivity contribution in [3.8, 4) is 11.5 Å². The molecule has 3 aromatic carbocycles. The van der Waals surface area contributed by atoms with Crippen molar-refractivity contribution in [3.63, 3.8) is 0 Å². The number of ether oxygens (including phenoxy) is 2. The fourth-order valence-electron chi connectivity index (χ4n) is 6.50. The fourth-order valence-corrected chi connectivity index (χ4v) is 7.53. The Labute approximate surface area is 286 Å². The number of methoxy groups -OCH3 is 2. The third-order valence-corrected chi connectivity index (χ3v) is 10.1. The number of benzene rings is 3. The van der Waals surface area contributed by atoms with Crippen LogP contribution in [0.4, 0.5) is 5.69 Å². The van der Waals surface area contributed by atoms with E-state index in [2.05, 4.69) is 4.57 Å². The number of para-hydroxylation sites is 1. The van der Waals surface area contributed by atoms with Crippen molar-refractivity contribution in [3.05, 3.63) is 130 Å². The van der Waals surface area contributed by atoms with Crippen molar-refractivity contribution in [2.24, 2.45) is 4.99 Å². The van der Waals surface area contributed by atoms with Gasteiger partial charge in [-0.2, -0.15) is 0 Å². The van der Waals surface area contributed by atoms with E-state index in [4.69, 9.17) is 14.5 Å². The molecule has 252 valence electrons. The number of rotatable bonds is 10. The highest BCUT2D eigenvalue weighted by Gasteiger charge is 2.36. The van der Waals surface area contributed by atoms with Crippen LogP contribution in [-0.2, 0) is 11.3 Å². The summed E-state index contributed by atoms with van der Waals surface area (Å²) in [4.78, 5) is 46.5. The average molecular weight is 680 g/mol. The van der Waals surface area contributed by atoms with E-state index in [0.717, 1.165) is 27.7 Å². The molecule has 3 heterocycles. The van der Waals surface area contributed by atoms with Gasteiger partial charge >= 0.3 is 0 Å². The Bertz CT molecular complexity index is 2310. The molecule has 1 aliphatic rings. The van der Waals surface area contributed by atoms with E-state index in [0.29, 0.717) is 57.3 Å². The minimum Gasteiger partial charge on any atom is -0.497 e. The maximum atomic E-state index is 14.6. The molecule has 11 nitrogen and oxygen atoms in total. The van der Waals surface area contributed by atoms with Gasteiger partial charge in [-0.1, -0.05) is 41.7 Å². The fraction of sp³-hybridized carbons (Fsp3) is 0.270. The van der Waals surface area contributed by atoms with E-state index in [9.17, 15) is 19.7 Å². The highest BCUT2D eigenvalue weighted by atomic mass is 32.1. The van der Waals surface area contributed by atoms with Crippen molar-refractivity contribution < 1.29 is 19.2 Å². The summed E-state index contributed by atoms with van der Waals surface area (Å²) >= 11 is 1.27. The van der Waals surface area contributed by atoms with E-state index in [1.165, 1.54) is 23.5 Å². The highest BCUT2D eigenvalue weighted by Crippen LogP contribution is 2.38. The number of amides is 1. The minimum atomic E-state index is -0.805. The first kappa shape index (κ1) is 33.4. The number of nitro groups is 1. The Kier molecular flexibility index (Phi) is 9.24. The van der Waals surface area contributed by atoms with Crippen LogP contribution in [0.3, 0.4) is 0 Å². The van der Waals surface area contributed by atoms with Crippen LogP contribution < -0.4 is 24.4 Å². The van der Waals surface area contributed by atoms with Crippen molar-refractivity contribution in [2.45, 2.75) is 40.3 Å². The zero-order valence-electron chi connectivity index (χ0n) is 28.2. The summed E-state index contributed by atoms with van der Waals surface area (Å²) in [5, 5.41) is 12.2. The third-order valence-electron chi connectivity index (χ3n) is 9.08. The number of carbonyl (C=O) groups excluding carboxylic acids is 1. The molecule has 6 rings (SSSR count). The van der Waals surface area contributed by atoms with Crippen molar-refractivity contribution in [2.75, 3.05) is 27.3 Å². The summed E-state index contributed by atoms with van der Waals surface area (Å²) in [7, 11) is 3.13. The predicted octanol–water partition coefficient (Wildman–Crippen LogP) is 5.34.